The Morgan fingerprint density at radius 2 is 1.53 bits per heavy atom. The molecular weight excluding hydrogens is 244 g/mol. The summed E-state index contributed by atoms with van der Waals surface area (Å²) in [5, 5.41) is 13.2. The van der Waals surface area contributed by atoms with Crippen LogP contribution in [0.1, 0.15) is 0 Å². The summed E-state index contributed by atoms with van der Waals surface area (Å²) in [4.78, 5) is -0.157. The van der Waals surface area contributed by atoms with E-state index in [9.17, 15) is 16.8 Å². The van der Waals surface area contributed by atoms with Gasteiger partial charge >= 0.3 is 0 Å². The molecule has 15 heavy (non-hydrogen) atoms. The highest BCUT2D eigenvalue weighted by Gasteiger charge is 2.22. The fraction of sp³-hybridized carbons (Fsp3) is 0. The molecule has 0 aliphatic heterocycles. The first-order chi connectivity index (χ1) is 6.79. The van der Waals surface area contributed by atoms with Gasteiger partial charge in [-0.2, -0.15) is 0 Å². The van der Waals surface area contributed by atoms with E-state index in [1.165, 1.54) is 12.1 Å². The summed E-state index contributed by atoms with van der Waals surface area (Å²) in [7, 11) is -8.42. The van der Waals surface area contributed by atoms with Crippen LogP contribution in [0.4, 0.5) is 0 Å². The zero-order valence-electron chi connectivity index (χ0n) is 7.28. The molecule has 0 atom stereocenters. The van der Waals surface area contributed by atoms with Crippen LogP contribution in [-0.4, -0.2) is 22.0 Å². The van der Waals surface area contributed by atoms with Gasteiger partial charge in [-0.1, -0.05) is 17.0 Å². The van der Waals surface area contributed by atoms with Crippen LogP contribution in [-0.2, 0) is 20.0 Å². The summed E-state index contributed by atoms with van der Waals surface area (Å²) >= 11 is 0. The zero-order valence-corrected chi connectivity index (χ0v) is 8.92. The zero-order chi connectivity index (χ0) is 11.7. The standard InChI is InChI=1S/C6H8N2O5S2/c7-14(10,11)5-3-1-2-4-6(5)15(12,13)8-9/h1-4,8-9H,(H2,7,10,11). The Morgan fingerprint density at radius 1 is 1.07 bits per heavy atom. The molecule has 0 aromatic heterocycles. The number of primary sulfonamides is 1. The van der Waals surface area contributed by atoms with Crippen molar-refractivity contribution in [1.82, 2.24) is 4.89 Å². The molecule has 0 fully saturated rings. The largest absolute Gasteiger partial charge is 0.302 e. The Hall–Kier alpha value is -1.00. The Bertz CT molecular complexity index is 563. The van der Waals surface area contributed by atoms with Crippen molar-refractivity contribution in [1.29, 1.82) is 0 Å². The van der Waals surface area contributed by atoms with Crippen molar-refractivity contribution >= 4 is 20.0 Å². The van der Waals surface area contributed by atoms with E-state index >= 15 is 0 Å². The lowest BCUT2D eigenvalue weighted by atomic mass is 10.4. The molecule has 1 aromatic carbocycles. The maximum Gasteiger partial charge on any atom is 0.263 e. The molecule has 84 valence electrons. The molecule has 0 radical (unpaired) electrons. The Kier molecular flexibility index (Phi) is 3.11. The van der Waals surface area contributed by atoms with E-state index in [4.69, 9.17) is 10.3 Å². The average molecular weight is 252 g/mol. The first kappa shape index (κ1) is 12.1. The fourth-order valence-electron chi connectivity index (χ4n) is 0.956. The van der Waals surface area contributed by atoms with Crippen LogP contribution >= 0.6 is 0 Å². The van der Waals surface area contributed by atoms with Gasteiger partial charge in [0.2, 0.25) is 10.0 Å². The van der Waals surface area contributed by atoms with Crippen molar-refractivity contribution in [3.63, 3.8) is 0 Å². The summed E-state index contributed by atoms with van der Waals surface area (Å²) in [5.74, 6) is 0. The summed E-state index contributed by atoms with van der Waals surface area (Å²) in [5.41, 5.74) is 0. The van der Waals surface area contributed by atoms with E-state index in [2.05, 4.69) is 0 Å². The van der Waals surface area contributed by atoms with Gasteiger partial charge in [0.05, 0.1) is 0 Å². The lowest BCUT2D eigenvalue weighted by molar-refractivity contribution is 0.242. The number of hydrogen-bond acceptors (Lipinski definition) is 5. The number of nitrogens with two attached hydrogens (primary N) is 1. The molecule has 0 heterocycles. The molecule has 4 N–H and O–H groups in total. The molecule has 0 unspecified atom stereocenters. The van der Waals surface area contributed by atoms with E-state index < -0.39 is 29.8 Å². The van der Waals surface area contributed by atoms with Gasteiger partial charge in [0, 0.05) is 0 Å². The van der Waals surface area contributed by atoms with Crippen LogP contribution in [0.3, 0.4) is 0 Å². The predicted octanol–water partition coefficient (Wildman–Crippen LogP) is -0.998. The summed E-state index contributed by atoms with van der Waals surface area (Å²) in [6.07, 6.45) is 0. The number of hydrogen-bond donors (Lipinski definition) is 3. The molecule has 0 bridgehead atoms. The number of nitrogens with one attached hydrogen (secondary N) is 1. The number of sulfonamides is 2. The molecular formula is C6H8N2O5S2. The summed E-state index contributed by atoms with van der Waals surface area (Å²) in [6.45, 7) is 0. The van der Waals surface area contributed by atoms with Crippen molar-refractivity contribution in [2.24, 2.45) is 5.14 Å². The minimum atomic E-state index is -4.27. The maximum absolute atomic E-state index is 11.2. The first-order valence-electron chi connectivity index (χ1n) is 3.57. The van der Waals surface area contributed by atoms with Crippen molar-refractivity contribution in [3.8, 4) is 0 Å². The maximum atomic E-state index is 11.2. The van der Waals surface area contributed by atoms with Crippen LogP contribution in [0, 0.1) is 0 Å². The van der Waals surface area contributed by atoms with Gasteiger partial charge in [0.15, 0.2) is 0 Å². The SMILES string of the molecule is NS(=O)(=O)c1ccccc1S(=O)(=O)NO. The summed E-state index contributed by atoms with van der Waals surface area (Å²) < 4.78 is 44.4. The molecule has 9 heteroatoms. The van der Waals surface area contributed by atoms with Crippen LogP contribution < -0.4 is 10.0 Å². The highest BCUT2D eigenvalue weighted by Crippen LogP contribution is 2.18. The Balaban J connectivity index is 3.59. The predicted molar refractivity (Wildman–Crippen MR) is 49.9 cm³/mol. The van der Waals surface area contributed by atoms with Crippen LogP contribution in [0.15, 0.2) is 34.1 Å². The molecule has 1 rings (SSSR count). The molecule has 1 aromatic rings. The van der Waals surface area contributed by atoms with E-state index in [1.54, 1.807) is 0 Å². The minimum absolute atomic E-state index is 0.577. The van der Waals surface area contributed by atoms with Crippen molar-refractivity contribution in [2.75, 3.05) is 0 Å². The van der Waals surface area contributed by atoms with Gasteiger partial charge in [-0.3, -0.25) is 0 Å². The van der Waals surface area contributed by atoms with E-state index in [0.717, 1.165) is 17.0 Å². The van der Waals surface area contributed by atoms with Crippen LogP contribution in [0.25, 0.3) is 0 Å². The van der Waals surface area contributed by atoms with E-state index in [0.29, 0.717) is 0 Å². The van der Waals surface area contributed by atoms with Gasteiger partial charge in [0.1, 0.15) is 9.79 Å². The fourth-order valence-corrected chi connectivity index (χ4v) is 2.94. The minimum Gasteiger partial charge on any atom is -0.302 e. The lowest BCUT2D eigenvalue weighted by Crippen LogP contribution is -2.23. The molecule has 0 saturated heterocycles. The van der Waals surface area contributed by atoms with Crippen molar-refractivity contribution < 1.29 is 22.0 Å². The molecule has 7 nitrogen and oxygen atoms in total. The van der Waals surface area contributed by atoms with Crippen molar-refractivity contribution in [3.05, 3.63) is 24.3 Å². The average Bonchev–Trinajstić information content (AvgIpc) is 2.16. The third-order valence-electron chi connectivity index (χ3n) is 1.57. The van der Waals surface area contributed by atoms with Gasteiger partial charge in [-0.15, -0.1) is 0 Å². The molecule has 0 saturated carbocycles. The Labute approximate surface area is 86.6 Å². The second kappa shape index (κ2) is 3.87. The van der Waals surface area contributed by atoms with Gasteiger partial charge in [-0.25, -0.2) is 22.0 Å². The monoisotopic (exact) mass is 252 g/mol. The molecule has 0 aliphatic carbocycles. The normalized spacial score (nSPS) is 12.7. The van der Waals surface area contributed by atoms with Crippen molar-refractivity contribution in [2.45, 2.75) is 9.79 Å². The highest BCUT2D eigenvalue weighted by atomic mass is 32.2. The van der Waals surface area contributed by atoms with E-state index in [-0.39, 0.29) is 0 Å². The first-order valence-corrected chi connectivity index (χ1v) is 6.60. The second-order valence-electron chi connectivity index (χ2n) is 2.59. The Morgan fingerprint density at radius 3 is 1.93 bits per heavy atom. The number of rotatable bonds is 3. The second-order valence-corrected chi connectivity index (χ2v) is 5.75. The third kappa shape index (κ3) is 2.52. The quantitative estimate of drug-likeness (QED) is 0.595. The van der Waals surface area contributed by atoms with Crippen LogP contribution in [0.2, 0.25) is 0 Å². The van der Waals surface area contributed by atoms with E-state index in [1.807, 2.05) is 0 Å². The van der Waals surface area contributed by atoms with Gasteiger partial charge in [0.25, 0.3) is 10.0 Å². The van der Waals surface area contributed by atoms with Crippen LogP contribution in [0.5, 0.6) is 0 Å². The molecule has 0 amide bonds. The lowest BCUT2D eigenvalue weighted by Gasteiger charge is -2.06. The van der Waals surface area contributed by atoms with Gasteiger partial charge < -0.3 is 5.21 Å². The topological polar surface area (TPSA) is 127 Å². The summed E-state index contributed by atoms with van der Waals surface area (Å²) in [6, 6.07) is 4.66. The number of benzene rings is 1. The molecule has 0 spiro atoms. The highest BCUT2D eigenvalue weighted by molar-refractivity contribution is 7.92. The smallest absolute Gasteiger partial charge is 0.263 e. The third-order valence-corrected chi connectivity index (χ3v) is 3.84. The van der Waals surface area contributed by atoms with Gasteiger partial charge in [-0.05, 0) is 12.1 Å². The molecule has 0 aliphatic rings.